The maximum Gasteiger partial charge on any atom is 0.257 e. The smallest absolute Gasteiger partial charge is 0.257 e. The van der Waals surface area contributed by atoms with Crippen LogP contribution in [0.3, 0.4) is 0 Å². The van der Waals surface area contributed by atoms with Crippen molar-refractivity contribution in [1.29, 1.82) is 0 Å². The summed E-state index contributed by atoms with van der Waals surface area (Å²) in [6.45, 7) is 6.00. The SMILES string of the molecule is COc1ccccc1C(=O)N1CCC(COc2ncnc(C)c2C)CC1. The Labute approximate surface area is 154 Å². The standard InChI is InChI=1S/C20H25N3O3/c1-14-15(2)21-13-22-19(14)26-12-16-8-10-23(11-9-16)20(24)17-6-4-5-7-18(17)25-3/h4-7,13,16H,8-12H2,1-3H3. The highest BCUT2D eigenvalue weighted by atomic mass is 16.5. The fourth-order valence-corrected chi connectivity index (χ4v) is 3.15. The first kappa shape index (κ1) is 18.2. The van der Waals surface area contributed by atoms with Crippen LogP contribution in [-0.4, -0.2) is 47.6 Å². The minimum atomic E-state index is 0.0316. The summed E-state index contributed by atoms with van der Waals surface area (Å²) in [7, 11) is 1.59. The molecule has 26 heavy (non-hydrogen) atoms. The second kappa shape index (κ2) is 8.17. The molecule has 138 valence electrons. The van der Waals surface area contributed by atoms with E-state index in [-0.39, 0.29) is 5.91 Å². The number of amides is 1. The average molecular weight is 355 g/mol. The fraction of sp³-hybridized carbons (Fsp3) is 0.450. The molecule has 0 spiro atoms. The van der Waals surface area contributed by atoms with Crippen molar-refractivity contribution in [3.8, 4) is 11.6 Å². The topological polar surface area (TPSA) is 64.5 Å². The number of ether oxygens (including phenoxy) is 2. The molecule has 1 aromatic carbocycles. The van der Waals surface area contributed by atoms with E-state index in [1.165, 1.54) is 6.33 Å². The molecule has 2 aromatic rings. The predicted molar refractivity (Wildman–Crippen MR) is 98.6 cm³/mol. The first-order valence-corrected chi connectivity index (χ1v) is 8.93. The number of aromatic nitrogens is 2. The van der Waals surface area contributed by atoms with Crippen molar-refractivity contribution in [2.45, 2.75) is 26.7 Å². The van der Waals surface area contributed by atoms with E-state index in [9.17, 15) is 4.79 Å². The minimum Gasteiger partial charge on any atom is -0.496 e. The fourth-order valence-electron chi connectivity index (χ4n) is 3.15. The first-order valence-electron chi connectivity index (χ1n) is 8.93. The van der Waals surface area contributed by atoms with E-state index in [0.717, 1.165) is 37.2 Å². The summed E-state index contributed by atoms with van der Waals surface area (Å²) in [5.41, 5.74) is 2.54. The lowest BCUT2D eigenvalue weighted by Gasteiger charge is -2.32. The van der Waals surface area contributed by atoms with Crippen LogP contribution in [0.25, 0.3) is 0 Å². The van der Waals surface area contributed by atoms with Gasteiger partial charge in [-0.3, -0.25) is 4.79 Å². The molecule has 1 aliphatic heterocycles. The molecule has 0 N–H and O–H groups in total. The molecule has 3 rings (SSSR count). The number of rotatable bonds is 5. The van der Waals surface area contributed by atoms with Gasteiger partial charge in [-0.15, -0.1) is 0 Å². The number of para-hydroxylation sites is 1. The molecule has 0 radical (unpaired) electrons. The highest BCUT2D eigenvalue weighted by molar-refractivity contribution is 5.97. The molecule has 1 amide bonds. The van der Waals surface area contributed by atoms with Gasteiger partial charge in [-0.1, -0.05) is 12.1 Å². The minimum absolute atomic E-state index is 0.0316. The Morgan fingerprint density at radius 3 is 2.65 bits per heavy atom. The molecule has 2 heterocycles. The maximum atomic E-state index is 12.7. The molecule has 0 aliphatic carbocycles. The molecule has 0 unspecified atom stereocenters. The summed E-state index contributed by atoms with van der Waals surface area (Å²) in [6.07, 6.45) is 3.38. The van der Waals surface area contributed by atoms with Crippen molar-refractivity contribution in [1.82, 2.24) is 14.9 Å². The number of nitrogens with zero attached hydrogens (tertiary/aromatic N) is 3. The van der Waals surface area contributed by atoms with Gasteiger partial charge < -0.3 is 14.4 Å². The Kier molecular flexibility index (Phi) is 5.71. The number of aryl methyl sites for hydroxylation is 1. The summed E-state index contributed by atoms with van der Waals surface area (Å²) < 4.78 is 11.2. The van der Waals surface area contributed by atoms with Crippen molar-refractivity contribution < 1.29 is 14.3 Å². The number of methoxy groups -OCH3 is 1. The maximum absolute atomic E-state index is 12.7. The molecular weight excluding hydrogens is 330 g/mol. The van der Waals surface area contributed by atoms with Gasteiger partial charge in [0.2, 0.25) is 5.88 Å². The van der Waals surface area contributed by atoms with E-state index in [0.29, 0.717) is 29.7 Å². The summed E-state index contributed by atoms with van der Waals surface area (Å²) in [5, 5.41) is 0. The quantitative estimate of drug-likeness (QED) is 0.825. The average Bonchev–Trinajstić information content (AvgIpc) is 2.69. The Bertz CT molecular complexity index is 771. The van der Waals surface area contributed by atoms with Crippen LogP contribution in [0.1, 0.15) is 34.5 Å². The van der Waals surface area contributed by atoms with Gasteiger partial charge in [-0.2, -0.15) is 0 Å². The van der Waals surface area contributed by atoms with E-state index in [2.05, 4.69) is 9.97 Å². The second-order valence-corrected chi connectivity index (χ2v) is 6.64. The molecule has 0 atom stereocenters. The monoisotopic (exact) mass is 355 g/mol. The molecular formula is C20H25N3O3. The number of carbonyl (C=O) groups excluding carboxylic acids is 1. The number of hydrogen-bond acceptors (Lipinski definition) is 5. The summed E-state index contributed by atoms with van der Waals surface area (Å²) in [4.78, 5) is 23.0. The lowest BCUT2D eigenvalue weighted by Crippen LogP contribution is -2.39. The zero-order valence-electron chi connectivity index (χ0n) is 15.6. The molecule has 1 fully saturated rings. The molecule has 6 heteroatoms. The van der Waals surface area contributed by atoms with Gasteiger partial charge in [-0.05, 0) is 44.7 Å². The summed E-state index contributed by atoms with van der Waals surface area (Å²) >= 11 is 0. The van der Waals surface area contributed by atoms with Crippen molar-refractivity contribution in [2.75, 3.05) is 26.8 Å². The highest BCUT2D eigenvalue weighted by Crippen LogP contribution is 2.24. The normalized spacial score (nSPS) is 15.0. The molecule has 1 aliphatic rings. The zero-order valence-corrected chi connectivity index (χ0v) is 15.6. The van der Waals surface area contributed by atoms with E-state index in [1.54, 1.807) is 7.11 Å². The van der Waals surface area contributed by atoms with Crippen molar-refractivity contribution in [3.05, 3.63) is 47.4 Å². The zero-order chi connectivity index (χ0) is 18.5. The lowest BCUT2D eigenvalue weighted by molar-refractivity contribution is 0.0655. The third kappa shape index (κ3) is 3.95. The molecule has 1 saturated heterocycles. The number of piperidine rings is 1. The van der Waals surface area contributed by atoms with Crippen LogP contribution in [0.2, 0.25) is 0 Å². The van der Waals surface area contributed by atoms with E-state index in [4.69, 9.17) is 9.47 Å². The number of likely N-dealkylation sites (tertiary alicyclic amines) is 1. The Balaban J connectivity index is 1.54. The van der Waals surface area contributed by atoms with Crippen LogP contribution in [0.5, 0.6) is 11.6 Å². The van der Waals surface area contributed by atoms with Crippen LogP contribution in [0, 0.1) is 19.8 Å². The predicted octanol–water partition coefficient (Wildman–Crippen LogP) is 3.03. The Morgan fingerprint density at radius 1 is 1.19 bits per heavy atom. The highest BCUT2D eigenvalue weighted by Gasteiger charge is 2.25. The van der Waals surface area contributed by atoms with Gasteiger partial charge in [0.15, 0.2) is 0 Å². The van der Waals surface area contributed by atoms with Gasteiger partial charge in [-0.25, -0.2) is 9.97 Å². The van der Waals surface area contributed by atoms with Crippen LogP contribution in [-0.2, 0) is 0 Å². The van der Waals surface area contributed by atoms with Crippen LogP contribution >= 0.6 is 0 Å². The third-order valence-electron chi connectivity index (χ3n) is 4.98. The number of hydrogen-bond donors (Lipinski definition) is 0. The van der Waals surface area contributed by atoms with Gasteiger partial charge >= 0.3 is 0 Å². The van der Waals surface area contributed by atoms with Crippen LogP contribution in [0.15, 0.2) is 30.6 Å². The molecule has 1 aromatic heterocycles. The number of carbonyl (C=O) groups is 1. The van der Waals surface area contributed by atoms with Crippen LogP contribution in [0.4, 0.5) is 0 Å². The van der Waals surface area contributed by atoms with Crippen molar-refractivity contribution >= 4 is 5.91 Å². The van der Waals surface area contributed by atoms with Crippen molar-refractivity contribution in [2.24, 2.45) is 5.92 Å². The molecule has 6 nitrogen and oxygen atoms in total. The Hall–Kier alpha value is -2.63. The van der Waals surface area contributed by atoms with Gasteiger partial charge in [0.25, 0.3) is 5.91 Å². The number of benzene rings is 1. The van der Waals surface area contributed by atoms with E-state index >= 15 is 0 Å². The Morgan fingerprint density at radius 2 is 1.92 bits per heavy atom. The van der Waals surface area contributed by atoms with E-state index in [1.807, 2.05) is 43.0 Å². The largest absolute Gasteiger partial charge is 0.496 e. The van der Waals surface area contributed by atoms with Crippen LogP contribution < -0.4 is 9.47 Å². The molecule has 0 bridgehead atoms. The van der Waals surface area contributed by atoms with Gasteiger partial charge in [0.1, 0.15) is 12.1 Å². The molecule has 0 saturated carbocycles. The summed E-state index contributed by atoms with van der Waals surface area (Å²) in [6, 6.07) is 7.37. The third-order valence-corrected chi connectivity index (χ3v) is 4.98. The lowest BCUT2D eigenvalue weighted by atomic mass is 9.97. The summed E-state index contributed by atoms with van der Waals surface area (Å²) in [5.74, 6) is 1.73. The van der Waals surface area contributed by atoms with Crippen molar-refractivity contribution in [3.63, 3.8) is 0 Å². The van der Waals surface area contributed by atoms with Gasteiger partial charge in [0.05, 0.1) is 19.3 Å². The van der Waals surface area contributed by atoms with Gasteiger partial charge in [0, 0.05) is 24.3 Å². The van der Waals surface area contributed by atoms with E-state index < -0.39 is 0 Å². The first-order chi connectivity index (χ1) is 12.6. The second-order valence-electron chi connectivity index (χ2n) is 6.64.